The summed E-state index contributed by atoms with van der Waals surface area (Å²) in [6, 6.07) is 4.88. The minimum atomic E-state index is 0. The number of thiophene rings is 1. The molecular formula is C19H30IN5OS. The van der Waals surface area contributed by atoms with Crippen molar-refractivity contribution in [2.75, 3.05) is 27.2 Å². The molecule has 2 atom stereocenters. The number of guanidine groups is 1. The standard InChI is InChI=1S/C19H29N5OS.HI/c1-13-14(2)25-17(23-13)12-22-19(20-3)21-11-15-7-5-9-24(4)18(15)16-8-6-10-26-16;/h6,8,10,15,18H,5,7,9,11-12H2,1-4H3,(H2,20,21,22);1H. The normalized spacial score (nSPS) is 21.0. The molecule has 0 aliphatic carbocycles. The fourth-order valence-electron chi connectivity index (χ4n) is 3.60. The summed E-state index contributed by atoms with van der Waals surface area (Å²) in [4.78, 5) is 12.7. The van der Waals surface area contributed by atoms with Crippen LogP contribution in [-0.4, -0.2) is 43.0 Å². The quantitative estimate of drug-likeness (QED) is 0.370. The van der Waals surface area contributed by atoms with Crippen molar-refractivity contribution in [2.24, 2.45) is 10.9 Å². The molecule has 2 unspecified atom stereocenters. The zero-order valence-corrected chi connectivity index (χ0v) is 19.6. The fourth-order valence-corrected chi connectivity index (χ4v) is 4.59. The summed E-state index contributed by atoms with van der Waals surface area (Å²) >= 11 is 1.85. The lowest BCUT2D eigenvalue weighted by Gasteiger charge is -2.39. The van der Waals surface area contributed by atoms with Gasteiger partial charge in [-0.3, -0.25) is 9.89 Å². The average Bonchev–Trinajstić information content (AvgIpc) is 3.25. The van der Waals surface area contributed by atoms with Crippen LogP contribution < -0.4 is 10.6 Å². The Morgan fingerprint density at radius 3 is 2.85 bits per heavy atom. The Morgan fingerprint density at radius 1 is 1.41 bits per heavy atom. The van der Waals surface area contributed by atoms with Crippen molar-refractivity contribution >= 4 is 41.3 Å². The molecule has 2 aromatic rings. The van der Waals surface area contributed by atoms with Crippen molar-refractivity contribution in [3.8, 4) is 0 Å². The Bertz CT molecular complexity index is 711. The van der Waals surface area contributed by atoms with E-state index < -0.39 is 0 Å². The molecule has 1 aliphatic heterocycles. The van der Waals surface area contributed by atoms with Gasteiger partial charge in [0.05, 0.1) is 12.2 Å². The predicted molar refractivity (Wildman–Crippen MR) is 122 cm³/mol. The fraction of sp³-hybridized carbons (Fsp3) is 0.579. The smallest absolute Gasteiger partial charge is 0.214 e. The zero-order chi connectivity index (χ0) is 18.5. The van der Waals surface area contributed by atoms with Gasteiger partial charge in [0.15, 0.2) is 5.96 Å². The van der Waals surface area contributed by atoms with E-state index in [0.29, 0.717) is 24.4 Å². The summed E-state index contributed by atoms with van der Waals surface area (Å²) in [6.07, 6.45) is 2.47. The Hall–Kier alpha value is -1.13. The molecule has 27 heavy (non-hydrogen) atoms. The molecule has 2 N–H and O–H groups in total. The van der Waals surface area contributed by atoms with E-state index in [-0.39, 0.29) is 24.0 Å². The van der Waals surface area contributed by atoms with E-state index in [1.54, 1.807) is 7.05 Å². The van der Waals surface area contributed by atoms with Gasteiger partial charge in [0.1, 0.15) is 5.76 Å². The average molecular weight is 503 g/mol. The van der Waals surface area contributed by atoms with Crippen molar-refractivity contribution in [1.82, 2.24) is 20.5 Å². The SMILES string of the molecule is CN=C(NCc1nc(C)c(C)o1)NCC1CCCN(C)C1c1cccs1.I. The number of halogens is 1. The van der Waals surface area contributed by atoms with Gasteiger partial charge in [0.2, 0.25) is 5.89 Å². The molecule has 0 radical (unpaired) electrons. The van der Waals surface area contributed by atoms with Crippen LogP contribution in [0.2, 0.25) is 0 Å². The largest absolute Gasteiger partial charge is 0.444 e. The first-order valence-electron chi connectivity index (χ1n) is 9.19. The lowest BCUT2D eigenvalue weighted by Crippen LogP contribution is -2.44. The Morgan fingerprint density at radius 2 is 2.22 bits per heavy atom. The van der Waals surface area contributed by atoms with Crippen LogP contribution in [-0.2, 0) is 6.54 Å². The number of aliphatic imine (C=N–C) groups is 1. The van der Waals surface area contributed by atoms with Crippen LogP contribution in [0, 0.1) is 19.8 Å². The molecule has 1 saturated heterocycles. The summed E-state index contributed by atoms with van der Waals surface area (Å²) in [5.74, 6) is 2.92. The van der Waals surface area contributed by atoms with E-state index >= 15 is 0 Å². The van der Waals surface area contributed by atoms with E-state index in [1.165, 1.54) is 17.7 Å². The van der Waals surface area contributed by atoms with E-state index in [1.807, 2.05) is 25.2 Å². The lowest BCUT2D eigenvalue weighted by molar-refractivity contribution is 0.125. The van der Waals surface area contributed by atoms with Gasteiger partial charge in [-0.15, -0.1) is 35.3 Å². The van der Waals surface area contributed by atoms with Crippen molar-refractivity contribution < 1.29 is 4.42 Å². The molecule has 0 spiro atoms. The molecule has 8 heteroatoms. The monoisotopic (exact) mass is 503 g/mol. The van der Waals surface area contributed by atoms with Crippen molar-refractivity contribution in [2.45, 2.75) is 39.3 Å². The number of likely N-dealkylation sites (tertiary alicyclic amines) is 1. The maximum Gasteiger partial charge on any atom is 0.214 e. The highest BCUT2D eigenvalue weighted by molar-refractivity contribution is 14.0. The number of piperidine rings is 1. The Labute approximate surface area is 182 Å². The van der Waals surface area contributed by atoms with Gasteiger partial charge >= 0.3 is 0 Å². The number of oxazole rings is 1. The number of aromatic nitrogens is 1. The summed E-state index contributed by atoms with van der Waals surface area (Å²) in [6.45, 7) is 6.49. The zero-order valence-electron chi connectivity index (χ0n) is 16.5. The summed E-state index contributed by atoms with van der Waals surface area (Å²) in [7, 11) is 4.03. The molecule has 6 nitrogen and oxygen atoms in total. The molecule has 0 aromatic carbocycles. The molecule has 1 fully saturated rings. The van der Waals surface area contributed by atoms with Gasteiger partial charge in [-0.05, 0) is 57.6 Å². The maximum absolute atomic E-state index is 5.62. The Kier molecular flexibility index (Phi) is 8.56. The van der Waals surface area contributed by atoms with Crippen LogP contribution in [0.25, 0.3) is 0 Å². The first-order valence-corrected chi connectivity index (χ1v) is 10.1. The molecule has 3 rings (SSSR count). The van der Waals surface area contributed by atoms with Crippen molar-refractivity contribution in [1.29, 1.82) is 0 Å². The molecular weight excluding hydrogens is 473 g/mol. The van der Waals surface area contributed by atoms with Gasteiger partial charge in [0, 0.05) is 24.5 Å². The molecule has 0 bridgehead atoms. The molecule has 150 valence electrons. The summed E-state index contributed by atoms with van der Waals surface area (Å²) in [5.41, 5.74) is 0.939. The molecule has 3 heterocycles. The molecule has 0 saturated carbocycles. The number of nitrogens with zero attached hydrogens (tertiary/aromatic N) is 3. The number of hydrogen-bond donors (Lipinski definition) is 2. The molecule has 0 amide bonds. The third-order valence-corrected chi connectivity index (χ3v) is 6.02. The highest BCUT2D eigenvalue weighted by Gasteiger charge is 2.31. The molecule has 2 aromatic heterocycles. The number of rotatable bonds is 5. The van der Waals surface area contributed by atoms with Crippen molar-refractivity contribution in [3.05, 3.63) is 39.7 Å². The second-order valence-electron chi connectivity index (χ2n) is 6.90. The second-order valence-corrected chi connectivity index (χ2v) is 7.88. The molecule has 1 aliphatic rings. The van der Waals surface area contributed by atoms with E-state index in [0.717, 1.165) is 30.5 Å². The summed E-state index contributed by atoms with van der Waals surface area (Å²) < 4.78 is 5.62. The first-order chi connectivity index (χ1) is 12.6. The highest BCUT2D eigenvalue weighted by atomic mass is 127. The van der Waals surface area contributed by atoms with E-state index in [9.17, 15) is 0 Å². The Balaban J connectivity index is 0.00000261. The van der Waals surface area contributed by atoms with Crippen LogP contribution in [0.5, 0.6) is 0 Å². The minimum absolute atomic E-state index is 0. The van der Waals surface area contributed by atoms with Crippen LogP contribution in [0.1, 0.15) is 41.1 Å². The third-order valence-electron chi connectivity index (χ3n) is 5.08. The first kappa shape index (κ1) is 22.2. The van der Waals surface area contributed by atoms with Gasteiger partial charge < -0.3 is 15.1 Å². The van der Waals surface area contributed by atoms with Crippen LogP contribution in [0.3, 0.4) is 0 Å². The topological polar surface area (TPSA) is 65.7 Å². The maximum atomic E-state index is 5.62. The van der Waals surface area contributed by atoms with Gasteiger partial charge in [-0.25, -0.2) is 4.98 Å². The van der Waals surface area contributed by atoms with Crippen LogP contribution >= 0.6 is 35.3 Å². The van der Waals surface area contributed by atoms with E-state index in [2.05, 4.69) is 50.1 Å². The van der Waals surface area contributed by atoms with Gasteiger partial charge in [-0.2, -0.15) is 0 Å². The summed E-state index contributed by atoms with van der Waals surface area (Å²) in [5, 5.41) is 8.96. The number of nitrogens with one attached hydrogen (secondary N) is 2. The number of aryl methyl sites for hydroxylation is 2. The van der Waals surface area contributed by atoms with Crippen LogP contribution in [0.15, 0.2) is 26.9 Å². The van der Waals surface area contributed by atoms with E-state index in [4.69, 9.17) is 4.42 Å². The van der Waals surface area contributed by atoms with Gasteiger partial charge in [0.25, 0.3) is 0 Å². The lowest BCUT2D eigenvalue weighted by atomic mass is 9.88. The van der Waals surface area contributed by atoms with Gasteiger partial charge in [-0.1, -0.05) is 6.07 Å². The highest BCUT2D eigenvalue weighted by Crippen LogP contribution is 2.36. The third kappa shape index (κ3) is 5.68. The minimum Gasteiger partial charge on any atom is -0.444 e. The van der Waals surface area contributed by atoms with Crippen LogP contribution in [0.4, 0.5) is 0 Å². The second kappa shape index (κ2) is 10.4. The number of hydrogen-bond acceptors (Lipinski definition) is 5. The van der Waals surface area contributed by atoms with Crippen molar-refractivity contribution in [3.63, 3.8) is 0 Å². The predicted octanol–water partition coefficient (Wildman–Crippen LogP) is 3.72.